The number of allylic oxidation sites excluding steroid dienone is 1. The van der Waals surface area contributed by atoms with Gasteiger partial charge in [0.05, 0.1) is 19.6 Å². The number of nitrogens with zero attached hydrogens (tertiary/aromatic N) is 2. The molecule has 1 saturated carbocycles. The van der Waals surface area contributed by atoms with Gasteiger partial charge in [0.25, 0.3) is 0 Å². The Bertz CT molecular complexity index is 1130. The largest absolute Gasteiger partial charge is 0.479 e. The van der Waals surface area contributed by atoms with Crippen molar-refractivity contribution in [3.63, 3.8) is 0 Å². The molecule has 0 unspecified atom stereocenters. The zero-order valence-electron chi connectivity index (χ0n) is 21.5. The van der Waals surface area contributed by atoms with Crippen LogP contribution in [0.4, 0.5) is 9.18 Å². The van der Waals surface area contributed by atoms with E-state index >= 15 is 0 Å². The molecule has 1 aromatic rings. The van der Waals surface area contributed by atoms with Gasteiger partial charge >= 0.3 is 12.1 Å². The number of benzene rings is 1. The lowest BCUT2D eigenvalue weighted by Crippen LogP contribution is -2.53. The van der Waals surface area contributed by atoms with Crippen LogP contribution < -0.4 is 11.1 Å². The van der Waals surface area contributed by atoms with Gasteiger partial charge in [-0.3, -0.25) is 14.5 Å². The summed E-state index contributed by atoms with van der Waals surface area (Å²) in [6.45, 7) is 1.98. The fourth-order valence-corrected chi connectivity index (χ4v) is 5.29. The Kier molecular flexibility index (Phi) is 8.35. The maximum atomic E-state index is 14.1. The molecule has 1 saturated heterocycles. The van der Waals surface area contributed by atoms with Crippen molar-refractivity contribution in [3.8, 4) is 0 Å². The molecule has 2 aliphatic heterocycles. The highest BCUT2D eigenvalue weighted by Crippen LogP contribution is 2.45. The molecule has 1 aromatic carbocycles. The maximum absolute atomic E-state index is 14.1. The van der Waals surface area contributed by atoms with Crippen molar-refractivity contribution in [2.45, 2.75) is 76.2 Å². The SMILES string of the molecule is CCCCC/C=C\[C@@H]1C[C@]1(NC(=O)[C@@H]1C[C@@H](OC(=O)N2Cc3cccc(F)c3C2)CN1C(=O)CN)C(=O)O. The number of carbonyl (C=O) groups excluding carboxylic acids is 3. The number of fused-ring (bicyclic) bond motifs is 1. The number of unbranched alkanes of at least 4 members (excludes halogenated alkanes) is 3. The summed E-state index contributed by atoms with van der Waals surface area (Å²) in [4.78, 5) is 53.2. The van der Waals surface area contributed by atoms with E-state index in [1.807, 2.05) is 12.2 Å². The fourth-order valence-electron chi connectivity index (χ4n) is 5.29. The average Bonchev–Trinajstić information content (AvgIpc) is 3.21. The Labute approximate surface area is 221 Å². The van der Waals surface area contributed by atoms with Crippen LogP contribution in [0.15, 0.2) is 30.4 Å². The third kappa shape index (κ3) is 5.67. The van der Waals surface area contributed by atoms with Gasteiger partial charge < -0.3 is 25.8 Å². The number of likely N-dealkylation sites (tertiary alicyclic amines) is 1. The average molecular weight is 531 g/mol. The molecule has 38 heavy (non-hydrogen) atoms. The second kappa shape index (κ2) is 11.5. The molecule has 4 N–H and O–H groups in total. The number of carbonyl (C=O) groups is 4. The molecule has 11 heteroatoms. The number of hydrogen-bond acceptors (Lipinski definition) is 6. The van der Waals surface area contributed by atoms with Crippen LogP contribution >= 0.6 is 0 Å². The van der Waals surface area contributed by atoms with Gasteiger partial charge in [-0.15, -0.1) is 0 Å². The number of nitrogens with two attached hydrogens (primary N) is 1. The molecule has 2 heterocycles. The highest BCUT2D eigenvalue weighted by atomic mass is 19.1. The second-order valence-corrected chi connectivity index (χ2v) is 10.2. The summed E-state index contributed by atoms with van der Waals surface area (Å²) in [6.07, 6.45) is 6.63. The highest BCUT2D eigenvalue weighted by molar-refractivity contribution is 5.95. The summed E-state index contributed by atoms with van der Waals surface area (Å²) < 4.78 is 19.7. The first-order valence-electron chi connectivity index (χ1n) is 13.1. The van der Waals surface area contributed by atoms with Gasteiger partial charge in [-0.1, -0.05) is 44.1 Å². The lowest BCUT2D eigenvalue weighted by atomic mass is 10.1. The zero-order chi connectivity index (χ0) is 27.4. The number of halogens is 1. The van der Waals surface area contributed by atoms with Crippen LogP contribution in [0.25, 0.3) is 0 Å². The van der Waals surface area contributed by atoms with Crippen molar-refractivity contribution in [1.29, 1.82) is 0 Å². The van der Waals surface area contributed by atoms with E-state index in [9.17, 15) is 28.7 Å². The molecule has 206 valence electrons. The summed E-state index contributed by atoms with van der Waals surface area (Å²) in [5.41, 5.74) is 5.26. The van der Waals surface area contributed by atoms with Crippen molar-refractivity contribution in [2.24, 2.45) is 11.7 Å². The van der Waals surface area contributed by atoms with Crippen molar-refractivity contribution in [2.75, 3.05) is 13.1 Å². The van der Waals surface area contributed by atoms with E-state index in [-0.39, 0.29) is 44.9 Å². The van der Waals surface area contributed by atoms with Crippen molar-refractivity contribution < 1.29 is 33.4 Å². The van der Waals surface area contributed by atoms with Crippen LogP contribution in [0.1, 0.15) is 56.6 Å². The molecule has 10 nitrogen and oxygen atoms in total. The van der Waals surface area contributed by atoms with Gasteiger partial charge in [0.1, 0.15) is 23.5 Å². The van der Waals surface area contributed by atoms with E-state index in [2.05, 4.69) is 12.2 Å². The third-order valence-electron chi connectivity index (χ3n) is 7.60. The Morgan fingerprint density at radius 2 is 2.05 bits per heavy atom. The Morgan fingerprint density at radius 1 is 1.26 bits per heavy atom. The predicted molar refractivity (Wildman–Crippen MR) is 135 cm³/mol. The van der Waals surface area contributed by atoms with E-state index in [4.69, 9.17) is 10.5 Å². The normalized spacial score (nSPS) is 25.9. The van der Waals surface area contributed by atoms with Gasteiger partial charge in [-0.05, 0) is 30.9 Å². The number of ether oxygens (including phenoxy) is 1. The van der Waals surface area contributed by atoms with Crippen LogP contribution in [0.2, 0.25) is 0 Å². The van der Waals surface area contributed by atoms with E-state index in [0.29, 0.717) is 11.1 Å². The van der Waals surface area contributed by atoms with Crippen molar-refractivity contribution in [1.82, 2.24) is 15.1 Å². The Hall–Kier alpha value is -3.47. The first-order valence-corrected chi connectivity index (χ1v) is 13.1. The molecule has 4 atom stereocenters. The summed E-state index contributed by atoms with van der Waals surface area (Å²) in [6, 6.07) is 3.63. The minimum absolute atomic E-state index is 0.00564. The number of aliphatic carboxylic acids is 1. The standard InChI is InChI=1S/C27H35FN4O6/c1-2-3-4-5-6-9-18-12-27(18,25(35)36)30-24(34)22-11-19(15-32(22)23(33)13-29)38-26(37)31-14-17-8-7-10-21(28)20(17)16-31/h6-10,18-19,22H,2-5,11-16,29H2,1H3,(H,30,34)(H,35,36)/b9-6-/t18-,19-,22+,27-/m1/s1. The fraction of sp³-hybridized carbons (Fsp3) is 0.556. The van der Waals surface area contributed by atoms with Crippen molar-refractivity contribution in [3.05, 3.63) is 47.3 Å². The van der Waals surface area contributed by atoms with Gasteiger partial charge in [-0.25, -0.2) is 14.0 Å². The predicted octanol–water partition coefficient (Wildman–Crippen LogP) is 2.30. The Balaban J connectivity index is 1.38. The Morgan fingerprint density at radius 3 is 2.74 bits per heavy atom. The maximum Gasteiger partial charge on any atom is 0.410 e. The van der Waals surface area contributed by atoms with Gasteiger partial charge in [0.15, 0.2) is 0 Å². The van der Waals surface area contributed by atoms with Gasteiger partial charge in [0, 0.05) is 24.4 Å². The molecule has 3 aliphatic rings. The topological polar surface area (TPSA) is 142 Å². The van der Waals surface area contributed by atoms with E-state index in [1.54, 1.807) is 12.1 Å². The highest BCUT2D eigenvalue weighted by Gasteiger charge is 2.61. The van der Waals surface area contributed by atoms with Crippen LogP contribution in [0.5, 0.6) is 0 Å². The number of carboxylic acid groups (broad SMARTS) is 1. The zero-order valence-corrected chi connectivity index (χ0v) is 21.5. The molecule has 3 amide bonds. The first-order chi connectivity index (χ1) is 18.2. The lowest BCUT2D eigenvalue weighted by Gasteiger charge is -2.25. The van der Waals surface area contributed by atoms with Gasteiger partial charge in [0.2, 0.25) is 11.8 Å². The number of nitrogens with one attached hydrogen (secondary N) is 1. The molecular weight excluding hydrogens is 495 g/mol. The molecule has 2 fully saturated rings. The molecule has 0 bridgehead atoms. The molecule has 4 rings (SSSR count). The lowest BCUT2D eigenvalue weighted by molar-refractivity contribution is -0.145. The summed E-state index contributed by atoms with van der Waals surface area (Å²) in [7, 11) is 0. The second-order valence-electron chi connectivity index (χ2n) is 10.2. The number of amides is 3. The van der Waals surface area contributed by atoms with E-state index in [0.717, 1.165) is 25.7 Å². The van der Waals surface area contributed by atoms with Gasteiger partial charge in [-0.2, -0.15) is 0 Å². The van der Waals surface area contributed by atoms with E-state index < -0.39 is 47.4 Å². The van der Waals surface area contributed by atoms with Crippen LogP contribution in [0.3, 0.4) is 0 Å². The number of hydrogen-bond donors (Lipinski definition) is 3. The molecular formula is C27H35FN4O6. The van der Waals surface area contributed by atoms with Crippen LogP contribution in [0, 0.1) is 11.7 Å². The summed E-state index contributed by atoms with van der Waals surface area (Å²) in [5.74, 6) is -2.99. The molecule has 0 aromatic heterocycles. The first kappa shape index (κ1) is 27.6. The molecule has 1 aliphatic carbocycles. The molecule has 0 spiro atoms. The number of rotatable bonds is 10. The smallest absolute Gasteiger partial charge is 0.410 e. The van der Waals surface area contributed by atoms with E-state index in [1.165, 1.54) is 15.9 Å². The van der Waals surface area contributed by atoms with Crippen LogP contribution in [-0.4, -0.2) is 69.6 Å². The third-order valence-corrected chi connectivity index (χ3v) is 7.60. The van der Waals surface area contributed by atoms with Crippen LogP contribution in [-0.2, 0) is 32.2 Å². The molecule has 0 radical (unpaired) electrons. The quantitative estimate of drug-likeness (QED) is 0.311. The summed E-state index contributed by atoms with van der Waals surface area (Å²) in [5, 5.41) is 12.5. The summed E-state index contributed by atoms with van der Waals surface area (Å²) >= 11 is 0. The minimum atomic E-state index is -1.42. The minimum Gasteiger partial charge on any atom is -0.479 e. The monoisotopic (exact) mass is 530 g/mol. The van der Waals surface area contributed by atoms with Crippen molar-refractivity contribution >= 4 is 23.9 Å². The number of carboxylic acids is 1.